The Bertz CT molecular complexity index is 839. The SMILES string of the molecule is CCOC(=O)c1c(-c2ccc(C(C)C)cc2)csc1NC(=O)CCC(=O)OC. The number of hydrogen-bond acceptors (Lipinski definition) is 6. The zero-order valence-corrected chi connectivity index (χ0v) is 17.4. The van der Waals surface area contributed by atoms with Crippen molar-refractivity contribution in [2.75, 3.05) is 19.0 Å². The van der Waals surface area contributed by atoms with Crippen molar-refractivity contribution in [1.29, 1.82) is 0 Å². The van der Waals surface area contributed by atoms with Crippen molar-refractivity contribution >= 4 is 34.2 Å². The molecule has 2 aromatic rings. The van der Waals surface area contributed by atoms with Crippen molar-refractivity contribution in [2.45, 2.75) is 39.5 Å². The molecule has 7 heteroatoms. The van der Waals surface area contributed by atoms with E-state index in [2.05, 4.69) is 23.9 Å². The highest BCUT2D eigenvalue weighted by molar-refractivity contribution is 7.15. The molecule has 0 fully saturated rings. The smallest absolute Gasteiger partial charge is 0.341 e. The summed E-state index contributed by atoms with van der Waals surface area (Å²) in [6, 6.07) is 7.98. The van der Waals surface area contributed by atoms with E-state index in [4.69, 9.17) is 4.74 Å². The van der Waals surface area contributed by atoms with Gasteiger partial charge in [0.1, 0.15) is 10.6 Å². The van der Waals surface area contributed by atoms with Gasteiger partial charge in [0, 0.05) is 17.4 Å². The summed E-state index contributed by atoms with van der Waals surface area (Å²) >= 11 is 1.26. The van der Waals surface area contributed by atoms with E-state index in [1.807, 2.05) is 29.6 Å². The summed E-state index contributed by atoms with van der Waals surface area (Å²) in [6.45, 7) is 6.20. The molecule has 0 atom stereocenters. The lowest BCUT2D eigenvalue weighted by Crippen LogP contribution is -2.16. The summed E-state index contributed by atoms with van der Waals surface area (Å²) in [5.41, 5.74) is 3.12. The van der Waals surface area contributed by atoms with Crippen LogP contribution in [-0.4, -0.2) is 31.6 Å². The minimum absolute atomic E-state index is 0.0219. The lowest BCUT2D eigenvalue weighted by molar-refractivity contribution is -0.141. The van der Waals surface area contributed by atoms with Crippen molar-refractivity contribution in [1.82, 2.24) is 0 Å². The molecular weight excluding hydrogens is 378 g/mol. The summed E-state index contributed by atoms with van der Waals surface area (Å²) in [5.74, 6) is -0.905. The maximum absolute atomic E-state index is 12.5. The topological polar surface area (TPSA) is 81.7 Å². The zero-order valence-electron chi connectivity index (χ0n) is 16.5. The van der Waals surface area contributed by atoms with Crippen molar-refractivity contribution in [3.8, 4) is 11.1 Å². The van der Waals surface area contributed by atoms with Gasteiger partial charge in [-0.2, -0.15) is 0 Å². The van der Waals surface area contributed by atoms with Gasteiger partial charge in [-0.25, -0.2) is 4.79 Å². The Balaban J connectivity index is 2.30. The molecule has 1 aromatic carbocycles. The van der Waals surface area contributed by atoms with Crippen LogP contribution >= 0.6 is 11.3 Å². The second-order valence-corrected chi connectivity index (χ2v) is 7.35. The highest BCUT2D eigenvalue weighted by Crippen LogP contribution is 2.36. The summed E-state index contributed by atoms with van der Waals surface area (Å²) in [4.78, 5) is 35.9. The van der Waals surface area contributed by atoms with E-state index in [1.54, 1.807) is 6.92 Å². The van der Waals surface area contributed by atoms with Gasteiger partial charge >= 0.3 is 11.9 Å². The molecule has 0 aliphatic heterocycles. The number of amides is 1. The molecule has 0 spiro atoms. The third kappa shape index (κ3) is 5.42. The molecule has 6 nitrogen and oxygen atoms in total. The van der Waals surface area contributed by atoms with Crippen LogP contribution in [0.5, 0.6) is 0 Å². The second kappa shape index (κ2) is 10.0. The Hall–Kier alpha value is -2.67. The van der Waals surface area contributed by atoms with Gasteiger partial charge in [-0.05, 0) is 24.0 Å². The Kier molecular flexibility index (Phi) is 7.75. The van der Waals surface area contributed by atoms with Crippen LogP contribution in [0, 0.1) is 0 Å². The summed E-state index contributed by atoms with van der Waals surface area (Å²) in [7, 11) is 1.27. The molecule has 1 amide bonds. The molecule has 0 unspecified atom stereocenters. The van der Waals surface area contributed by atoms with Crippen LogP contribution < -0.4 is 5.32 Å². The van der Waals surface area contributed by atoms with E-state index >= 15 is 0 Å². The van der Waals surface area contributed by atoms with Gasteiger partial charge in [-0.1, -0.05) is 38.1 Å². The fourth-order valence-corrected chi connectivity index (χ4v) is 3.60. The monoisotopic (exact) mass is 403 g/mol. The number of benzene rings is 1. The van der Waals surface area contributed by atoms with E-state index in [0.717, 1.165) is 5.56 Å². The van der Waals surface area contributed by atoms with Gasteiger partial charge in [0.25, 0.3) is 0 Å². The van der Waals surface area contributed by atoms with E-state index in [1.165, 1.54) is 24.0 Å². The minimum Gasteiger partial charge on any atom is -0.469 e. The van der Waals surface area contributed by atoms with Gasteiger partial charge in [0.05, 0.1) is 20.1 Å². The van der Waals surface area contributed by atoms with E-state index < -0.39 is 11.9 Å². The molecule has 0 bridgehead atoms. The number of thiophene rings is 1. The van der Waals surface area contributed by atoms with Crippen LogP contribution in [0.2, 0.25) is 0 Å². The average molecular weight is 404 g/mol. The Morgan fingerprint density at radius 1 is 1.11 bits per heavy atom. The first-order valence-electron chi connectivity index (χ1n) is 9.13. The standard InChI is InChI=1S/C21H25NO5S/c1-5-27-21(25)19-16(15-8-6-14(7-9-15)13(2)3)12-28-20(19)22-17(23)10-11-18(24)26-4/h6-9,12-13H,5,10-11H2,1-4H3,(H,22,23). The zero-order chi connectivity index (χ0) is 20.7. The lowest BCUT2D eigenvalue weighted by Gasteiger charge is -2.10. The molecule has 2 rings (SSSR count). The van der Waals surface area contributed by atoms with Gasteiger partial charge in [0.15, 0.2) is 0 Å². The number of carbonyl (C=O) groups is 3. The molecule has 1 N–H and O–H groups in total. The predicted octanol–water partition coefficient (Wildman–Crippen LogP) is 4.61. The molecule has 1 heterocycles. The van der Waals surface area contributed by atoms with Crippen molar-refractivity contribution in [3.05, 3.63) is 40.8 Å². The maximum atomic E-state index is 12.5. The molecule has 28 heavy (non-hydrogen) atoms. The third-order valence-corrected chi connectivity index (χ3v) is 5.09. The number of carbonyl (C=O) groups excluding carboxylic acids is 3. The first kappa shape index (κ1) is 21.6. The van der Waals surface area contributed by atoms with E-state index in [0.29, 0.717) is 22.0 Å². The van der Waals surface area contributed by atoms with Crippen LogP contribution in [0.25, 0.3) is 11.1 Å². The normalized spacial score (nSPS) is 10.6. The lowest BCUT2D eigenvalue weighted by atomic mass is 9.98. The number of hydrogen-bond donors (Lipinski definition) is 1. The molecule has 150 valence electrons. The van der Waals surface area contributed by atoms with Crippen molar-refractivity contribution in [3.63, 3.8) is 0 Å². The van der Waals surface area contributed by atoms with Crippen molar-refractivity contribution in [2.24, 2.45) is 0 Å². The number of anilines is 1. The van der Waals surface area contributed by atoms with Gasteiger partial charge < -0.3 is 14.8 Å². The van der Waals surface area contributed by atoms with Crippen molar-refractivity contribution < 1.29 is 23.9 Å². The Morgan fingerprint density at radius 2 is 1.79 bits per heavy atom. The molecule has 0 radical (unpaired) electrons. The summed E-state index contributed by atoms with van der Waals surface area (Å²) in [5, 5.41) is 4.96. The van der Waals surface area contributed by atoms with Crippen LogP contribution in [0.3, 0.4) is 0 Å². The van der Waals surface area contributed by atoms with Crippen LogP contribution in [0.4, 0.5) is 5.00 Å². The highest BCUT2D eigenvalue weighted by atomic mass is 32.1. The quantitative estimate of drug-likeness (QED) is 0.651. The molecular formula is C21H25NO5S. The third-order valence-electron chi connectivity index (χ3n) is 4.20. The number of methoxy groups -OCH3 is 1. The second-order valence-electron chi connectivity index (χ2n) is 6.47. The Morgan fingerprint density at radius 3 is 2.36 bits per heavy atom. The number of rotatable bonds is 8. The minimum atomic E-state index is -0.491. The highest BCUT2D eigenvalue weighted by Gasteiger charge is 2.23. The fraction of sp³-hybridized carbons (Fsp3) is 0.381. The largest absolute Gasteiger partial charge is 0.469 e. The van der Waals surface area contributed by atoms with Gasteiger partial charge in [-0.15, -0.1) is 11.3 Å². The first-order chi connectivity index (χ1) is 13.4. The molecule has 0 aliphatic carbocycles. The van der Waals surface area contributed by atoms with E-state index in [9.17, 15) is 14.4 Å². The molecule has 0 saturated heterocycles. The van der Waals surface area contributed by atoms with E-state index in [-0.39, 0.29) is 25.4 Å². The van der Waals surface area contributed by atoms with Crippen LogP contribution in [0.1, 0.15) is 55.5 Å². The Labute approximate surface area is 168 Å². The molecule has 0 saturated carbocycles. The maximum Gasteiger partial charge on any atom is 0.341 e. The average Bonchev–Trinajstić information content (AvgIpc) is 3.09. The molecule has 0 aliphatic rings. The van der Waals surface area contributed by atoms with Crippen LogP contribution in [0.15, 0.2) is 29.6 Å². The summed E-state index contributed by atoms with van der Waals surface area (Å²) < 4.78 is 9.73. The summed E-state index contributed by atoms with van der Waals surface area (Å²) in [6.07, 6.45) is -0.0444. The fourth-order valence-electron chi connectivity index (χ4n) is 2.62. The van der Waals surface area contributed by atoms with Crippen LogP contribution in [-0.2, 0) is 19.1 Å². The number of nitrogens with one attached hydrogen (secondary N) is 1. The molecule has 1 aromatic heterocycles. The predicted molar refractivity (Wildman–Crippen MR) is 110 cm³/mol. The number of ether oxygens (including phenoxy) is 2. The first-order valence-corrected chi connectivity index (χ1v) is 10.0. The number of esters is 2. The van der Waals surface area contributed by atoms with Gasteiger partial charge in [0.2, 0.25) is 5.91 Å². The van der Waals surface area contributed by atoms with Gasteiger partial charge in [-0.3, -0.25) is 9.59 Å².